The van der Waals surface area contributed by atoms with Crippen LogP contribution in [0.3, 0.4) is 0 Å². The molecule has 1 aromatic rings. The van der Waals surface area contributed by atoms with Gasteiger partial charge in [0.25, 0.3) is 0 Å². The van der Waals surface area contributed by atoms with Gasteiger partial charge in [-0.05, 0) is 38.5 Å². The summed E-state index contributed by atoms with van der Waals surface area (Å²) in [4.78, 5) is 19.4. The Bertz CT molecular complexity index is 500. The van der Waals surface area contributed by atoms with Gasteiger partial charge in [-0.15, -0.1) is 11.3 Å². The number of aromatic nitrogens is 1. The van der Waals surface area contributed by atoms with Crippen molar-refractivity contribution in [1.29, 1.82) is 0 Å². The SMILES string of the molecule is CC1CCN(c2nc3c(s2)CCC3C(=O)O)C(C)C1. The van der Waals surface area contributed by atoms with Crippen LogP contribution in [0.15, 0.2) is 0 Å². The molecular weight excluding hydrogens is 260 g/mol. The first-order valence-corrected chi connectivity index (χ1v) is 7.87. The van der Waals surface area contributed by atoms with E-state index in [2.05, 4.69) is 23.7 Å². The van der Waals surface area contributed by atoms with Crippen LogP contribution in [0.5, 0.6) is 0 Å². The summed E-state index contributed by atoms with van der Waals surface area (Å²) < 4.78 is 0. The summed E-state index contributed by atoms with van der Waals surface area (Å²) in [7, 11) is 0. The Labute approximate surface area is 117 Å². The number of carbonyl (C=O) groups is 1. The molecule has 1 aliphatic heterocycles. The first-order valence-electron chi connectivity index (χ1n) is 7.05. The quantitative estimate of drug-likeness (QED) is 0.905. The Balaban J connectivity index is 1.84. The molecule has 0 spiro atoms. The molecule has 0 aromatic carbocycles. The van der Waals surface area contributed by atoms with Crippen molar-refractivity contribution in [3.05, 3.63) is 10.6 Å². The second-order valence-corrected chi connectivity index (χ2v) is 6.97. The fraction of sp³-hybridized carbons (Fsp3) is 0.714. The lowest BCUT2D eigenvalue weighted by Gasteiger charge is -2.36. The van der Waals surface area contributed by atoms with Gasteiger partial charge in [0, 0.05) is 17.5 Å². The summed E-state index contributed by atoms with van der Waals surface area (Å²) in [5, 5.41) is 10.3. The van der Waals surface area contributed by atoms with Crippen molar-refractivity contribution in [2.45, 2.75) is 51.5 Å². The normalized spacial score (nSPS) is 30.4. The number of aryl methyl sites for hydroxylation is 1. The zero-order valence-electron chi connectivity index (χ0n) is 11.4. The molecular formula is C14H20N2O2S. The molecule has 1 fully saturated rings. The third kappa shape index (κ3) is 2.24. The number of aliphatic carboxylic acids is 1. The lowest BCUT2D eigenvalue weighted by atomic mass is 9.94. The summed E-state index contributed by atoms with van der Waals surface area (Å²) in [6.07, 6.45) is 4.00. The predicted molar refractivity (Wildman–Crippen MR) is 76.0 cm³/mol. The van der Waals surface area contributed by atoms with Gasteiger partial charge < -0.3 is 10.0 Å². The molecule has 2 aliphatic rings. The number of hydrogen-bond donors (Lipinski definition) is 1. The number of piperidine rings is 1. The topological polar surface area (TPSA) is 53.4 Å². The molecule has 0 amide bonds. The monoisotopic (exact) mass is 280 g/mol. The standard InChI is InChI=1S/C14H20N2O2S/c1-8-5-6-16(9(2)7-8)14-15-12-10(13(17)18)3-4-11(12)19-14/h8-10H,3-7H2,1-2H3,(H,17,18). The van der Waals surface area contributed by atoms with Crippen molar-refractivity contribution in [3.63, 3.8) is 0 Å². The highest BCUT2D eigenvalue weighted by Crippen LogP contribution is 2.41. The molecule has 1 aromatic heterocycles. The number of nitrogens with zero attached hydrogens (tertiary/aromatic N) is 2. The van der Waals surface area contributed by atoms with E-state index in [1.807, 2.05) is 0 Å². The summed E-state index contributed by atoms with van der Waals surface area (Å²) in [5.41, 5.74) is 0.832. The van der Waals surface area contributed by atoms with Crippen molar-refractivity contribution >= 4 is 22.4 Å². The molecule has 1 aliphatic carbocycles. The van der Waals surface area contributed by atoms with Crippen molar-refractivity contribution in [2.75, 3.05) is 11.4 Å². The summed E-state index contributed by atoms with van der Waals surface area (Å²) >= 11 is 1.71. The molecule has 0 radical (unpaired) electrons. The van der Waals surface area contributed by atoms with Crippen LogP contribution in [-0.2, 0) is 11.2 Å². The Morgan fingerprint density at radius 1 is 1.42 bits per heavy atom. The second kappa shape index (κ2) is 4.78. The average molecular weight is 280 g/mol. The number of fused-ring (bicyclic) bond motifs is 1. The molecule has 5 heteroatoms. The Morgan fingerprint density at radius 3 is 2.89 bits per heavy atom. The molecule has 1 N–H and O–H groups in total. The van der Waals surface area contributed by atoms with Crippen LogP contribution in [0.4, 0.5) is 5.13 Å². The van der Waals surface area contributed by atoms with Crippen LogP contribution in [0.2, 0.25) is 0 Å². The van der Waals surface area contributed by atoms with Crippen molar-refractivity contribution in [2.24, 2.45) is 5.92 Å². The maximum Gasteiger partial charge on any atom is 0.312 e. The number of rotatable bonds is 2. The maximum absolute atomic E-state index is 11.2. The average Bonchev–Trinajstić information content (AvgIpc) is 2.87. The predicted octanol–water partition coefficient (Wildman–Crippen LogP) is 2.88. The summed E-state index contributed by atoms with van der Waals surface area (Å²) in [6, 6.07) is 0.512. The molecule has 3 atom stereocenters. The van der Waals surface area contributed by atoms with Crippen LogP contribution in [-0.4, -0.2) is 28.6 Å². The number of thiazole rings is 1. The number of hydrogen-bond acceptors (Lipinski definition) is 4. The van der Waals surface area contributed by atoms with Crippen LogP contribution >= 0.6 is 11.3 Å². The number of anilines is 1. The van der Waals surface area contributed by atoms with Gasteiger partial charge >= 0.3 is 5.97 Å². The van der Waals surface area contributed by atoms with Gasteiger partial charge in [0.2, 0.25) is 0 Å². The van der Waals surface area contributed by atoms with Gasteiger partial charge in [-0.2, -0.15) is 0 Å². The van der Waals surface area contributed by atoms with E-state index in [1.165, 1.54) is 17.7 Å². The lowest BCUT2D eigenvalue weighted by molar-refractivity contribution is -0.138. The van der Waals surface area contributed by atoms with Gasteiger partial charge in [-0.3, -0.25) is 4.79 Å². The zero-order chi connectivity index (χ0) is 13.6. The van der Waals surface area contributed by atoms with Crippen LogP contribution in [0.1, 0.15) is 49.6 Å². The van der Waals surface area contributed by atoms with E-state index in [0.717, 1.165) is 36.1 Å². The maximum atomic E-state index is 11.2. The minimum Gasteiger partial charge on any atom is -0.481 e. The Kier molecular flexibility index (Phi) is 3.25. The smallest absolute Gasteiger partial charge is 0.312 e. The second-order valence-electron chi connectivity index (χ2n) is 5.91. The summed E-state index contributed by atoms with van der Waals surface area (Å²) in [6.45, 7) is 5.60. The van der Waals surface area contributed by atoms with Crippen molar-refractivity contribution in [3.8, 4) is 0 Å². The molecule has 3 rings (SSSR count). The number of carboxylic acids is 1. The van der Waals surface area contributed by atoms with E-state index in [1.54, 1.807) is 11.3 Å². The highest BCUT2D eigenvalue weighted by atomic mass is 32.1. The van der Waals surface area contributed by atoms with Crippen LogP contribution in [0, 0.1) is 5.92 Å². The van der Waals surface area contributed by atoms with Gasteiger partial charge in [-0.25, -0.2) is 4.98 Å². The van der Waals surface area contributed by atoms with E-state index < -0.39 is 5.97 Å². The molecule has 0 saturated carbocycles. The fourth-order valence-electron chi connectivity index (χ4n) is 3.27. The molecule has 2 heterocycles. The Morgan fingerprint density at radius 2 is 2.21 bits per heavy atom. The molecule has 19 heavy (non-hydrogen) atoms. The third-order valence-electron chi connectivity index (χ3n) is 4.39. The van der Waals surface area contributed by atoms with Gasteiger partial charge in [-0.1, -0.05) is 6.92 Å². The largest absolute Gasteiger partial charge is 0.481 e. The van der Waals surface area contributed by atoms with E-state index in [9.17, 15) is 9.90 Å². The van der Waals surface area contributed by atoms with Gasteiger partial charge in [0.15, 0.2) is 5.13 Å². The van der Waals surface area contributed by atoms with Gasteiger partial charge in [0.05, 0.1) is 5.69 Å². The van der Waals surface area contributed by atoms with Gasteiger partial charge in [0.1, 0.15) is 5.92 Å². The minimum absolute atomic E-state index is 0.376. The van der Waals surface area contributed by atoms with Crippen molar-refractivity contribution < 1.29 is 9.90 Å². The third-order valence-corrected chi connectivity index (χ3v) is 5.56. The minimum atomic E-state index is -0.726. The first-order chi connectivity index (χ1) is 9.06. The van der Waals surface area contributed by atoms with Crippen LogP contribution in [0.25, 0.3) is 0 Å². The van der Waals surface area contributed by atoms with Crippen LogP contribution < -0.4 is 4.90 Å². The molecule has 4 nitrogen and oxygen atoms in total. The van der Waals surface area contributed by atoms with E-state index in [0.29, 0.717) is 6.04 Å². The fourth-order valence-corrected chi connectivity index (χ4v) is 4.53. The Hall–Kier alpha value is -1.10. The van der Waals surface area contributed by atoms with Crippen molar-refractivity contribution in [1.82, 2.24) is 4.98 Å². The highest BCUT2D eigenvalue weighted by Gasteiger charge is 2.34. The molecule has 104 valence electrons. The van der Waals surface area contributed by atoms with E-state index in [-0.39, 0.29) is 5.92 Å². The summed E-state index contributed by atoms with van der Waals surface area (Å²) in [5.74, 6) is -0.320. The van der Waals surface area contributed by atoms with E-state index in [4.69, 9.17) is 0 Å². The molecule has 1 saturated heterocycles. The lowest BCUT2D eigenvalue weighted by Crippen LogP contribution is -2.40. The molecule has 3 unspecified atom stereocenters. The molecule has 0 bridgehead atoms. The zero-order valence-corrected chi connectivity index (χ0v) is 12.2. The highest BCUT2D eigenvalue weighted by molar-refractivity contribution is 7.15. The first kappa shape index (κ1) is 12.9. The van der Waals surface area contributed by atoms with E-state index >= 15 is 0 Å². The number of carboxylic acid groups (broad SMARTS) is 1.